The van der Waals surface area contributed by atoms with Crippen LogP contribution >= 0.6 is 9.24 Å². The largest absolute Gasteiger partial charge is 0.317 e. The monoisotopic (exact) mass is 229 g/mol. The zero-order valence-electron chi connectivity index (χ0n) is 9.62. The number of rotatable bonds is 3. The zero-order chi connectivity index (χ0) is 10.5. The summed E-state index contributed by atoms with van der Waals surface area (Å²) in [6.07, 6.45) is 3.90. The summed E-state index contributed by atoms with van der Waals surface area (Å²) in [6, 6.07) is 0. The number of hydrogen-bond acceptors (Lipinski definition) is 3. The Morgan fingerprint density at radius 3 is 2.20 bits per heavy atom. The minimum Gasteiger partial charge on any atom is -0.317 e. The summed E-state index contributed by atoms with van der Waals surface area (Å²) in [7, 11) is 2.83. The lowest BCUT2D eigenvalue weighted by Crippen LogP contribution is -2.48. The van der Waals surface area contributed by atoms with Gasteiger partial charge < -0.3 is 10.2 Å². The second-order valence-corrected chi connectivity index (χ2v) is 5.16. The Bertz CT molecular complexity index is 175. The molecule has 2 heterocycles. The number of hydrogen-bond donors (Lipinski definition) is 1. The fraction of sp³-hybridized carbons (Fsp3) is 1.00. The van der Waals surface area contributed by atoms with Crippen LogP contribution in [0.5, 0.6) is 0 Å². The molecule has 2 rings (SSSR count). The molecule has 2 aliphatic heterocycles. The van der Waals surface area contributed by atoms with Crippen LogP contribution in [0.15, 0.2) is 0 Å². The number of nitrogens with one attached hydrogen (secondary N) is 1. The Labute approximate surface area is 95.8 Å². The van der Waals surface area contributed by atoms with Crippen LogP contribution in [-0.4, -0.2) is 61.9 Å². The van der Waals surface area contributed by atoms with Crippen molar-refractivity contribution < 1.29 is 0 Å². The molecule has 1 unspecified atom stereocenters. The number of piperidine rings is 1. The molecule has 15 heavy (non-hydrogen) atoms. The molecule has 0 spiro atoms. The van der Waals surface area contributed by atoms with Crippen molar-refractivity contribution in [3.8, 4) is 0 Å². The highest BCUT2D eigenvalue weighted by molar-refractivity contribution is 7.16. The standard InChI is InChI=1S/C11H24N3P/c15-10-14-7-5-13(6-8-14)9-11-1-3-12-4-2-11/h11-12H,1-10,15H2. The first-order valence-electron chi connectivity index (χ1n) is 6.24. The minimum atomic E-state index is 0.953. The van der Waals surface area contributed by atoms with Gasteiger partial charge in [-0.05, 0) is 31.8 Å². The van der Waals surface area contributed by atoms with Gasteiger partial charge in [-0.25, -0.2) is 0 Å². The third kappa shape index (κ3) is 3.67. The van der Waals surface area contributed by atoms with Crippen LogP contribution in [0, 0.1) is 5.92 Å². The summed E-state index contributed by atoms with van der Waals surface area (Å²) in [5.41, 5.74) is 0. The molecular weight excluding hydrogens is 205 g/mol. The predicted octanol–water partition coefficient (Wildman–Crippen LogP) is 0.436. The Morgan fingerprint density at radius 2 is 1.60 bits per heavy atom. The molecule has 88 valence electrons. The summed E-state index contributed by atoms with van der Waals surface area (Å²) in [6.45, 7) is 8.87. The molecule has 1 N–H and O–H groups in total. The highest BCUT2D eigenvalue weighted by atomic mass is 31.0. The molecule has 0 radical (unpaired) electrons. The van der Waals surface area contributed by atoms with Crippen molar-refractivity contribution in [2.75, 3.05) is 52.1 Å². The smallest absolute Gasteiger partial charge is 0.0127 e. The summed E-state index contributed by atoms with van der Waals surface area (Å²) in [5.74, 6) is 0.953. The molecule has 3 nitrogen and oxygen atoms in total. The van der Waals surface area contributed by atoms with Crippen molar-refractivity contribution in [2.24, 2.45) is 5.92 Å². The second-order valence-electron chi connectivity index (χ2n) is 4.79. The first-order valence-corrected chi connectivity index (χ1v) is 7.05. The Morgan fingerprint density at radius 1 is 1.00 bits per heavy atom. The van der Waals surface area contributed by atoms with E-state index >= 15 is 0 Å². The van der Waals surface area contributed by atoms with Crippen LogP contribution in [0.4, 0.5) is 0 Å². The van der Waals surface area contributed by atoms with E-state index in [2.05, 4.69) is 24.4 Å². The van der Waals surface area contributed by atoms with Crippen LogP contribution in [0.2, 0.25) is 0 Å². The summed E-state index contributed by atoms with van der Waals surface area (Å²) in [5, 5.41) is 3.44. The topological polar surface area (TPSA) is 18.5 Å². The van der Waals surface area contributed by atoms with Gasteiger partial charge in [-0.3, -0.25) is 4.90 Å². The van der Waals surface area contributed by atoms with E-state index in [-0.39, 0.29) is 0 Å². The van der Waals surface area contributed by atoms with E-state index in [1.807, 2.05) is 0 Å². The van der Waals surface area contributed by atoms with Gasteiger partial charge in [0.05, 0.1) is 0 Å². The number of piperazine rings is 1. The van der Waals surface area contributed by atoms with Crippen LogP contribution in [0.1, 0.15) is 12.8 Å². The van der Waals surface area contributed by atoms with E-state index in [0.29, 0.717) is 0 Å². The normalized spacial score (nSPS) is 27.0. The van der Waals surface area contributed by atoms with E-state index in [4.69, 9.17) is 0 Å². The molecule has 0 aromatic carbocycles. The average Bonchev–Trinajstić information content (AvgIpc) is 2.31. The average molecular weight is 229 g/mol. The van der Waals surface area contributed by atoms with Gasteiger partial charge in [0.1, 0.15) is 0 Å². The van der Waals surface area contributed by atoms with Crippen LogP contribution in [-0.2, 0) is 0 Å². The van der Waals surface area contributed by atoms with Crippen molar-refractivity contribution in [2.45, 2.75) is 12.8 Å². The van der Waals surface area contributed by atoms with Gasteiger partial charge in [0.15, 0.2) is 0 Å². The predicted molar refractivity (Wildman–Crippen MR) is 68.2 cm³/mol. The van der Waals surface area contributed by atoms with Gasteiger partial charge in [0.25, 0.3) is 0 Å². The van der Waals surface area contributed by atoms with Gasteiger partial charge in [0.2, 0.25) is 0 Å². The van der Waals surface area contributed by atoms with E-state index in [9.17, 15) is 0 Å². The maximum atomic E-state index is 3.44. The van der Waals surface area contributed by atoms with E-state index < -0.39 is 0 Å². The molecule has 1 atom stereocenters. The van der Waals surface area contributed by atoms with Gasteiger partial charge in [-0.1, -0.05) is 0 Å². The lowest BCUT2D eigenvalue weighted by Gasteiger charge is -2.36. The van der Waals surface area contributed by atoms with E-state index in [1.165, 1.54) is 58.7 Å². The van der Waals surface area contributed by atoms with E-state index in [0.717, 1.165) is 12.2 Å². The fourth-order valence-electron chi connectivity index (χ4n) is 2.58. The molecule has 0 saturated carbocycles. The molecule has 2 fully saturated rings. The maximum Gasteiger partial charge on any atom is 0.0127 e. The van der Waals surface area contributed by atoms with Crippen molar-refractivity contribution >= 4 is 9.24 Å². The number of nitrogens with zero attached hydrogens (tertiary/aromatic N) is 2. The molecule has 4 heteroatoms. The van der Waals surface area contributed by atoms with Crippen molar-refractivity contribution in [1.82, 2.24) is 15.1 Å². The molecule has 0 amide bonds. The lowest BCUT2D eigenvalue weighted by atomic mass is 9.97. The summed E-state index contributed by atoms with van der Waals surface area (Å²) < 4.78 is 0. The third-order valence-corrected chi connectivity index (χ3v) is 4.21. The van der Waals surface area contributed by atoms with E-state index in [1.54, 1.807) is 0 Å². The SMILES string of the molecule is PCN1CCN(CC2CCNCC2)CC1. The van der Waals surface area contributed by atoms with Gasteiger partial charge in [-0.2, -0.15) is 0 Å². The molecule has 2 saturated heterocycles. The molecule has 0 bridgehead atoms. The Hall–Kier alpha value is 0.310. The molecular formula is C11H24N3P. The zero-order valence-corrected chi connectivity index (χ0v) is 10.8. The molecule has 0 aliphatic carbocycles. The molecule has 0 aromatic rings. The summed E-state index contributed by atoms with van der Waals surface area (Å²) in [4.78, 5) is 5.18. The highest BCUT2D eigenvalue weighted by Crippen LogP contribution is 2.14. The van der Waals surface area contributed by atoms with Crippen LogP contribution < -0.4 is 5.32 Å². The first-order chi connectivity index (χ1) is 7.38. The lowest BCUT2D eigenvalue weighted by molar-refractivity contribution is 0.124. The van der Waals surface area contributed by atoms with Crippen molar-refractivity contribution in [1.29, 1.82) is 0 Å². The molecule has 0 aromatic heterocycles. The van der Waals surface area contributed by atoms with Gasteiger partial charge in [0, 0.05) is 39.0 Å². The van der Waals surface area contributed by atoms with Crippen LogP contribution in [0.25, 0.3) is 0 Å². The summed E-state index contributed by atoms with van der Waals surface area (Å²) >= 11 is 0. The third-order valence-electron chi connectivity index (χ3n) is 3.70. The molecule has 2 aliphatic rings. The van der Waals surface area contributed by atoms with Gasteiger partial charge >= 0.3 is 0 Å². The van der Waals surface area contributed by atoms with Crippen molar-refractivity contribution in [3.05, 3.63) is 0 Å². The quantitative estimate of drug-likeness (QED) is 0.708. The van der Waals surface area contributed by atoms with Gasteiger partial charge in [-0.15, -0.1) is 9.24 Å². The first kappa shape index (κ1) is 11.8. The van der Waals surface area contributed by atoms with Crippen LogP contribution in [0.3, 0.4) is 0 Å². The Kier molecular flexibility index (Phi) is 4.83. The Balaban J connectivity index is 1.67. The fourth-order valence-corrected chi connectivity index (χ4v) is 2.95. The minimum absolute atomic E-state index is 0.953. The van der Waals surface area contributed by atoms with Crippen molar-refractivity contribution in [3.63, 3.8) is 0 Å². The second kappa shape index (κ2) is 6.15. The highest BCUT2D eigenvalue weighted by Gasteiger charge is 2.20. The maximum absolute atomic E-state index is 3.44.